The molecule has 2 aromatic heterocycles. The Labute approximate surface area is 190 Å². The molecule has 0 radical (unpaired) electrons. The molecule has 0 aliphatic rings. The van der Waals surface area contributed by atoms with Crippen LogP contribution in [0, 0.1) is 5.82 Å². The number of nitrogens with two attached hydrogens (primary N) is 1. The highest BCUT2D eigenvalue weighted by Crippen LogP contribution is 2.29. The van der Waals surface area contributed by atoms with Crippen molar-refractivity contribution in [2.24, 2.45) is 5.73 Å². The van der Waals surface area contributed by atoms with Crippen molar-refractivity contribution in [2.75, 3.05) is 0 Å². The molecule has 0 saturated carbocycles. The van der Waals surface area contributed by atoms with Crippen LogP contribution in [0.2, 0.25) is 5.02 Å². The Morgan fingerprint density at radius 3 is 2.76 bits per heavy atom. The van der Waals surface area contributed by atoms with E-state index >= 15 is 0 Å². The predicted octanol–water partition coefficient (Wildman–Crippen LogP) is 4.31. The zero-order valence-corrected chi connectivity index (χ0v) is 17.6. The summed E-state index contributed by atoms with van der Waals surface area (Å²) in [6, 6.07) is 14.8. The van der Waals surface area contributed by atoms with Crippen LogP contribution in [0.5, 0.6) is 6.01 Å². The number of aromatic nitrogens is 4. The summed E-state index contributed by atoms with van der Waals surface area (Å²) in [5.74, 6) is -0.409. The molecule has 0 unspecified atom stereocenters. The number of amides is 1. The van der Waals surface area contributed by atoms with Crippen molar-refractivity contribution < 1.29 is 13.9 Å². The molecular formula is C23H15ClFN5O3. The molecule has 5 rings (SSSR count). The minimum absolute atomic E-state index is 0.0430. The van der Waals surface area contributed by atoms with Crippen LogP contribution in [0.25, 0.3) is 32.9 Å². The van der Waals surface area contributed by atoms with Crippen LogP contribution in [-0.2, 0) is 6.42 Å². The number of ether oxygens (including phenoxy) is 1. The molecule has 0 spiro atoms. The third-order valence-electron chi connectivity index (χ3n) is 5.20. The molecule has 0 atom stereocenters. The van der Waals surface area contributed by atoms with Gasteiger partial charge in [-0.3, -0.25) is 4.79 Å². The molecular weight excluding hydrogens is 449 g/mol. The second-order valence-electron chi connectivity index (χ2n) is 7.38. The van der Waals surface area contributed by atoms with E-state index in [9.17, 15) is 14.0 Å². The lowest BCUT2D eigenvalue weighted by atomic mass is 9.98. The Bertz CT molecular complexity index is 1610. The van der Waals surface area contributed by atoms with Gasteiger partial charge in [0.05, 0.1) is 22.1 Å². The standard InChI is InChI=1S/C23H15ClFN5O3/c24-13-3-4-14-16(10-13)19(29-30-21(14)31)8-11-1-5-17(25)15(7-11)12-2-6-18-20(9-12)28-23(27-18)33-22(26)32/h1-7,9-10H,8H2,(H2,26,32)(H,27,28)(H,30,31). The van der Waals surface area contributed by atoms with Gasteiger partial charge in [0.1, 0.15) is 5.82 Å². The van der Waals surface area contributed by atoms with Crippen LogP contribution in [0.1, 0.15) is 11.3 Å². The lowest BCUT2D eigenvalue weighted by Gasteiger charge is -2.09. The van der Waals surface area contributed by atoms with Gasteiger partial charge in [0, 0.05) is 22.4 Å². The van der Waals surface area contributed by atoms with E-state index in [2.05, 4.69) is 20.2 Å². The van der Waals surface area contributed by atoms with Crippen molar-refractivity contribution >= 4 is 39.5 Å². The highest BCUT2D eigenvalue weighted by atomic mass is 35.5. The monoisotopic (exact) mass is 463 g/mol. The number of hydrogen-bond acceptors (Lipinski definition) is 5. The first-order chi connectivity index (χ1) is 15.9. The smallest absolute Gasteiger partial charge is 0.376 e. The fraction of sp³-hybridized carbons (Fsp3) is 0.0435. The van der Waals surface area contributed by atoms with Crippen molar-refractivity contribution in [3.05, 3.63) is 87.0 Å². The topological polar surface area (TPSA) is 127 Å². The van der Waals surface area contributed by atoms with Crippen molar-refractivity contribution in [1.82, 2.24) is 20.2 Å². The van der Waals surface area contributed by atoms with Gasteiger partial charge in [-0.2, -0.15) is 10.1 Å². The first kappa shape index (κ1) is 20.7. The van der Waals surface area contributed by atoms with Crippen LogP contribution in [-0.4, -0.2) is 26.3 Å². The number of nitrogens with zero attached hydrogens (tertiary/aromatic N) is 2. The first-order valence-corrected chi connectivity index (χ1v) is 10.2. The quantitative estimate of drug-likeness (QED) is 0.366. The minimum atomic E-state index is -0.988. The van der Waals surface area contributed by atoms with E-state index in [0.717, 1.165) is 5.56 Å². The van der Waals surface area contributed by atoms with Gasteiger partial charge in [-0.1, -0.05) is 23.7 Å². The molecule has 4 N–H and O–H groups in total. The summed E-state index contributed by atoms with van der Waals surface area (Å²) in [5, 5.41) is 8.28. The van der Waals surface area contributed by atoms with E-state index in [1.807, 2.05) is 0 Å². The van der Waals surface area contributed by atoms with Gasteiger partial charge in [-0.15, -0.1) is 0 Å². The number of primary amides is 1. The Morgan fingerprint density at radius 1 is 1.09 bits per heavy atom. The molecule has 0 bridgehead atoms. The molecule has 0 aliphatic carbocycles. The SMILES string of the molecule is NC(=O)Oc1nc2ccc(-c3cc(Cc4n[nH]c(=O)c5ccc(Cl)cc45)ccc3F)cc2[nH]1. The van der Waals surface area contributed by atoms with E-state index < -0.39 is 11.9 Å². The maximum absolute atomic E-state index is 14.7. The fourth-order valence-corrected chi connectivity index (χ4v) is 3.89. The van der Waals surface area contributed by atoms with Crippen molar-refractivity contribution in [2.45, 2.75) is 6.42 Å². The van der Waals surface area contributed by atoms with Crippen molar-refractivity contribution in [3.63, 3.8) is 0 Å². The molecule has 33 heavy (non-hydrogen) atoms. The lowest BCUT2D eigenvalue weighted by molar-refractivity contribution is 0.207. The summed E-state index contributed by atoms with van der Waals surface area (Å²) in [7, 11) is 0. The van der Waals surface area contributed by atoms with E-state index in [1.165, 1.54) is 6.07 Å². The van der Waals surface area contributed by atoms with Gasteiger partial charge in [0.2, 0.25) is 0 Å². The number of H-pyrrole nitrogens is 2. The second-order valence-corrected chi connectivity index (χ2v) is 7.81. The van der Waals surface area contributed by atoms with Crippen LogP contribution in [0.3, 0.4) is 0 Å². The van der Waals surface area contributed by atoms with Crippen LogP contribution < -0.4 is 16.0 Å². The lowest BCUT2D eigenvalue weighted by Crippen LogP contribution is -2.16. The zero-order chi connectivity index (χ0) is 23.1. The van der Waals surface area contributed by atoms with E-state index in [0.29, 0.717) is 50.1 Å². The number of fused-ring (bicyclic) bond motifs is 2. The maximum atomic E-state index is 14.7. The molecule has 3 aromatic carbocycles. The van der Waals surface area contributed by atoms with Gasteiger partial charge in [0.15, 0.2) is 0 Å². The van der Waals surface area contributed by atoms with Crippen LogP contribution >= 0.6 is 11.6 Å². The highest BCUT2D eigenvalue weighted by Gasteiger charge is 2.13. The first-order valence-electron chi connectivity index (χ1n) is 9.80. The van der Waals surface area contributed by atoms with Gasteiger partial charge >= 0.3 is 12.1 Å². The largest absolute Gasteiger partial charge is 0.412 e. The summed E-state index contributed by atoms with van der Waals surface area (Å²) < 4.78 is 19.5. The Balaban J connectivity index is 1.53. The number of carbonyl (C=O) groups excluding carboxylic acids is 1. The van der Waals surface area contributed by atoms with Crippen molar-refractivity contribution in [1.29, 1.82) is 0 Å². The van der Waals surface area contributed by atoms with E-state index in [1.54, 1.807) is 48.5 Å². The number of aromatic amines is 2. The molecule has 10 heteroatoms. The summed E-state index contributed by atoms with van der Waals surface area (Å²) in [4.78, 5) is 30.0. The summed E-state index contributed by atoms with van der Waals surface area (Å²) in [6.45, 7) is 0. The van der Waals surface area contributed by atoms with Crippen LogP contribution in [0.15, 0.2) is 59.4 Å². The van der Waals surface area contributed by atoms with E-state index in [-0.39, 0.29) is 11.6 Å². The molecule has 164 valence electrons. The number of rotatable bonds is 4. The highest BCUT2D eigenvalue weighted by molar-refractivity contribution is 6.31. The Morgan fingerprint density at radius 2 is 1.94 bits per heavy atom. The maximum Gasteiger partial charge on any atom is 0.412 e. The molecule has 0 aliphatic heterocycles. The number of halogens is 2. The summed E-state index contributed by atoms with van der Waals surface area (Å²) in [6.07, 6.45) is -0.637. The summed E-state index contributed by atoms with van der Waals surface area (Å²) >= 11 is 6.12. The molecule has 2 heterocycles. The second kappa shape index (κ2) is 8.03. The van der Waals surface area contributed by atoms with Gasteiger partial charge in [-0.25, -0.2) is 14.3 Å². The number of benzene rings is 3. The average Bonchev–Trinajstić information content (AvgIpc) is 3.17. The van der Waals surface area contributed by atoms with Gasteiger partial charge in [-0.05, 0) is 53.6 Å². The zero-order valence-electron chi connectivity index (χ0n) is 16.9. The summed E-state index contributed by atoms with van der Waals surface area (Å²) in [5.41, 5.74) is 8.16. The third kappa shape index (κ3) is 4.01. The number of imidazole rings is 1. The number of nitrogens with one attached hydrogen (secondary N) is 2. The van der Waals surface area contributed by atoms with Gasteiger partial charge < -0.3 is 15.5 Å². The molecule has 5 aromatic rings. The molecule has 0 saturated heterocycles. The normalized spacial score (nSPS) is 11.2. The predicted molar refractivity (Wildman–Crippen MR) is 122 cm³/mol. The minimum Gasteiger partial charge on any atom is -0.376 e. The fourth-order valence-electron chi connectivity index (χ4n) is 3.72. The van der Waals surface area contributed by atoms with Crippen molar-refractivity contribution in [3.8, 4) is 17.1 Å². The number of carbonyl (C=O) groups is 1. The van der Waals surface area contributed by atoms with Gasteiger partial charge in [0.25, 0.3) is 5.56 Å². The molecule has 8 nitrogen and oxygen atoms in total. The Hall–Kier alpha value is -4.24. The molecule has 0 fully saturated rings. The number of hydrogen-bond donors (Lipinski definition) is 3. The Kier molecular flexibility index (Phi) is 5.02. The third-order valence-corrected chi connectivity index (χ3v) is 5.44. The molecule has 1 amide bonds. The van der Waals surface area contributed by atoms with Crippen LogP contribution in [0.4, 0.5) is 9.18 Å². The average molecular weight is 464 g/mol. The van der Waals surface area contributed by atoms with E-state index in [4.69, 9.17) is 22.1 Å².